The molecule has 0 bridgehead atoms. The van der Waals surface area contributed by atoms with E-state index in [0.717, 1.165) is 39.4 Å². The lowest BCUT2D eigenvalue weighted by Crippen LogP contribution is -2.34. The SMILES string of the molecule is COCCN(C)CC=CC(=O)N1CCc2c(sc3ncnc(NC(CO)c4ccccc4)c23)C1. The molecule has 0 spiro atoms. The number of rotatable bonds is 10. The van der Waals surface area contributed by atoms with Crippen LogP contribution in [0.3, 0.4) is 0 Å². The summed E-state index contributed by atoms with van der Waals surface area (Å²) in [5, 5.41) is 14.4. The predicted octanol–water partition coefficient (Wildman–Crippen LogP) is 2.86. The highest BCUT2D eigenvalue weighted by atomic mass is 32.1. The van der Waals surface area contributed by atoms with Gasteiger partial charge < -0.3 is 25.0 Å². The summed E-state index contributed by atoms with van der Waals surface area (Å²) in [5.41, 5.74) is 2.19. The largest absolute Gasteiger partial charge is 0.394 e. The number of hydrogen-bond donors (Lipinski definition) is 2. The Morgan fingerprint density at radius 2 is 2.18 bits per heavy atom. The highest BCUT2D eigenvalue weighted by molar-refractivity contribution is 7.19. The van der Waals surface area contributed by atoms with Crippen LogP contribution >= 0.6 is 11.3 Å². The third kappa shape index (κ3) is 5.61. The fourth-order valence-corrected chi connectivity index (χ4v) is 5.29. The maximum absolute atomic E-state index is 12.8. The number of thiophene rings is 1. The third-order valence-corrected chi connectivity index (χ3v) is 7.12. The number of carbonyl (C=O) groups excluding carboxylic acids is 1. The van der Waals surface area contributed by atoms with Crippen molar-refractivity contribution in [2.24, 2.45) is 0 Å². The van der Waals surface area contributed by atoms with Crippen LogP contribution in [-0.4, -0.2) is 77.8 Å². The Hall–Kier alpha value is -2.85. The molecule has 1 aliphatic rings. The van der Waals surface area contributed by atoms with Crippen LogP contribution in [0.2, 0.25) is 0 Å². The summed E-state index contributed by atoms with van der Waals surface area (Å²) in [6, 6.07) is 9.59. The molecule has 0 saturated carbocycles. The van der Waals surface area contributed by atoms with Crippen LogP contribution in [-0.2, 0) is 22.5 Å². The van der Waals surface area contributed by atoms with Gasteiger partial charge in [0.25, 0.3) is 0 Å². The molecule has 0 aliphatic carbocycles. The standard InChI is InChI=1S/C25H31N5O3S/c1-29(13-14-33-2)11-6-9-22(32)30-12-10-19-21(15-30)34-25-23(19)24(26-17-27-25)28-20(16-31)18-7-4-3-5-8-18/h3-9,17,20,31H,10-16H2,1-2H3,(H,26,27,28). The molecule has 0 radical (unpaired) electrons. The van der Waals surface area contributed by atoms with E-state index in [1.54, 1.807) is 30.8 Å². The summed E-state index contributed by atoms with van der Waals surface area (Å²) in [4.78, 5) is 27.8. The number of aliphatic hydroxyl groups is 1. The molecule has 1 atom stereocenters. The molecular weight excluding hydrogens is 450 g/mol. The van der Waals surface area contributed by atoms with Gasteiger partial charge >= 0.3 is 0 Å². The highest BCUT2D eigenvalue weighted by Crippen LogP contribution is 2.38. The maximum atomic E-state index is 12.8. The van der Waals surface area contributed by atoms with Crippen LogP contribution in [0.15, 0.2) is 48.8 Å². The maximum Gasteiger partial charge on any atom is 0.246 e. The quantitative estimate of drug-likeness (QED) is 0.430. The predicted molar refractivity (Wildman–Crippen MR) is 135 cm³/mol. The van der Waals surface area contributed by atoms with Gasteiger partial charge in [-0.1, -0.05) is 36.4 Å². The first kappa shape index (κ1) is 24.3. The highest BCUT2D eigenvalue weighted by Gasteiger charge is 2.26. The van der Waals surface area contributed by atoms with Gasteiger partial charge in [-0.05, 0) is 24.6 Å². The molecule has 3 aromatic rings. The lowest BCUT2D eigenvalue weighted by atomic mass is 10.0. The van der Waals surface area contributed by atoms with E-state index in [2.05, 4.69) is 20.2 Å². The van der Waals surface area contributed by atoms with Crippen molar-refractivity contribution in [1.82, 2.24) is 19.8 Å². The third-order valence-electron chi connectivity index (χ3n) is 6.00. The van der Waals surface area contributed by atoms with E-state index in [4.69, 9.17) is 4.74 Å². The molecular formula is C25H31N5O3S. The Morgan fingerprint density at radius 1 is 1.35 bits per heavy atom. The van der Waals surface area contributed by atoms with Crippen molar-refractivity contribution in [2.45, 2.75) is 19.0 Å². The summed E-state index contributed by atoms with van der Waals surface area (Å²) in [6.45, 7) is 3.37. The molecule has 0 saturated heterocycles. The fraction of sp³-hybridized carbons (Fsp3) is 0.400. The molecule has 2 aromatic heterocycles. The lowest BCUT2D eigenvalue weighted by Gasteiger charge is -2.26. The van der Waals surface area contributed by atoms with E-state index in [0.29, 0.717) is 26.2 Å². The number of likely N-dealkylation sites (N-methyl/N-ethyl adjacent to an activating group) is 1. The number of aromatic nitrogens is 2. The lowest BCUT2D eigenvalue weighted by molar-refractivity contribution is -0.126. The van der Waals surface area contributed by atoms with Crippen LogP contribution in [0.1, 0.15) is 22.0 Å². The molecule has 1 aliphatic heterocycles. The number of benzene rings is 1. The Balaban J connectivity index is 1.48. The van der Waals surface area contributed by atoms with Crippen molar-refractivity contribution in [2.75, 3.05) is 52.3 Å². The van der Waals surface area contributed by atoms with Gasteiger partial charge in [0.1, 0.15) is 17.0 Å². The second-order valence-electron chi connectivity index (χ2n) is 8.36. The molecule has 9 heteroatoms. The number of anilines is 1. The molecule has 4 rings (SSSR count). The summed E-state index contributed by atoms with van der Waals surface area (Å²) >= 11 is 1.61. The van der Waals surface area contributed by atoms with E-state index in [9.17, 15) is 9.90 Å². The van der Waals surface area contributed by atoms with E-state index in [1.165, 1.54) is 5.56 Å². The smallest absolute Gasteiger partial charge is 0.246 e. The minimum Gasteiger partial charge on any atom is -0.394 e. The van der Waals surface area contributed by atoms with Crippen molar-refractivity contribution < 1.29 is 14.6 Å². The Labute approximate surface area is 203 Å². The average Bonchev–Trinajstić information content (AvgIpc) is 3.25. The number of nitrogens with zero attached hydrogens (tertiary/aromatic N) is 4. The second-order valence-corrected chi connectivity index (χ2v) is 9.45. The molecule has 180 valence electrons. The van der Waals surface area contributed by atoms with Gasteiger partial charge in [0.05, 0.1) is 31.2 Å². The first-order chi connectivity index (χ1) is 16.6. The zero-order chi connectivity index (χ0) is 23.9. The molecule has 1 aromatic carbocycles. The van der Waals surface area contributed by atoms with Crippen molar-refractivity contribution in [3.05, 3.63) is 64.8 Å². The van der Waals surface area contributed by atoms with Crippen LogP contribution in [0, 0.1) is 0 Å². The first-order valence-corrected chi connectivity index (χ1v) is 12.2. The molecule has 1 amide bonds. The molecule has 1 unspecified atom stereocenters. The zero-order valence-electron chi connectivity index (χ0n) is 19.6. The van der Waals surface area contributed by atoms with E-state index in [1.807, 2.05) is 48.4 Å². The van der Waals surface area contributed by atoms with Crippen molar-refractivity contribution in [1.29, 1.82) is 0 Å². The van der Waals surface area contributed by atoms with Gasteiger partial charge in [-0.25, -0.2) is 9.97 Å². The average molecular weight is 482 g/mol. The van der Waals surface area contributed by atoms with Gasteiger partial charge in [-0.2, -0.15) is 0 Å². The molecule has 2 N–H and O–H groups in total. The fourth-order valence-electron chi connectivity index (χ4n) is 4.09. The molecule has 34 heavy (non-hydrogen) atoms. The Morgan fingerprint density at radius 3 is 2.94 bits per heavy atom. The Kier molecular flexibility index (Phi) is 8.23. The van der Waals surface area contributed by atoms with E-state index >= 15 is 0 Å². The van der Waals surface area contributed by atoms with Crippen LogP contribution < -0.4 is 5.32 Å². The van der Waals surface area contributed by atoms with Crippen molar-refractivity contribution in [3.63, 3.8) is 0 Å². The number of nitrogens with one attached hydrogen (secondary N) is 1. The van der Waals surface area contributed by atoms with Crippen LogP contribution in [0.25, 0.3) is 10.2 Å². The van der Waals surface area contributed by atoms with E-state index < -0.39 is 0 Å². The van der Waals surface area contributed by atoms with Crippen molar-refractivity contribution in [3.8, 4) is 0 Å². The number of ether oxygens (including phenoxy) is 1. The van der Waals surface area contributed by atoms with Crippen molar-refractivity contribution >= 4 is 33.3 Å². The normalized spacial score (nSPS) is 14.6. The first-order valence-electron chi connectivity index (χ1n) is 11.4. The van der Waals surface area contributed by atoms with Gasteiger partial charge in [0, 0.05) is 37.7 Å². The van der Waals surface area contributed by atoms with Crippen LogP contribution in [0.4, 0.5) is 5.82 Å². The summed E-state index contributed by atoms with van der Waals surface area (Å²) in [5.74, 6) is 0.751. The summed E-state index contributed by atoms with van der Waals surface area (Å²) in [6.07, 6.45) is 5.88. The summed E-state index contributed by atoms with van der Waals surface area (Å²) < 4.78 is 5.09. The summed E-state index contributed by atoms with van der Waals surface area (Å²) in [7, 11) is 3.69. The van der Waals surface area contributed by atoms with E-state index in [-0.39, 0.29) is 18.6 Å². The molecule has 0 fully saturated rings. The monoisotopic (exact) mass is 481 g/mol. The number of carbonyl (C=O) groups is 1. The number of amides is 1. The molecule has 3 heterocycles. The number of hydrogen-bond acceptors (Lipinski definition) is 8. The number of aliphatic hydroxyl groups excluding tert-OH is 1. The topological polar surface area (TPSA) is 90.8 Å². The second kappa shape index (κ2) is 11.5. The molecule has 8 nitrogen and oxygen atoms in total. The number of fused-ring (bicyclic) bond motifs is 3. The minimum atomic E-state index is -0.260. The van der Waals surface area contributed by atoms with Crippen LogP contribution in [0.5, 0.6) is 0 Å². The minimum absolute atomic E-state index is 0.0251. The zero-order valence-corrected chi connectivity index (χ0v) is 20.4. The van der Waals surface area contributed by atoms with Gasteiger partial charge in [-0.3, -0.25) is 4.79 Å². The Bertz CT molecular complexity index is 1130. The van der Waals surface area contributed by atoms with Gasteiger partial charge in [0.15, 0.2) is 0 Å². The van der Waals surface area contributed by atoms with Gasteiger partial charge in [0.2, 0.25) is 5.91 Å². The van der Waals surface area contributed by atoms with Gasteiger partial charge in [-0.15, -0.1) is 11.3 Å². The number of methoxy groups -OCH3 is 1.